The Kier molecular flexibility index (Phi) is 5.34. The highest BCUT2D eigenvalue weighted by atomic mass is 32.2. The summed E-state index contributed by atoms with van der Waals surface area (Å²) >= 11 is 0. The highest BCUT2D eigenvalue weighted by Crippen LogP contribution is 2.34. The van der Waals surface area contributed by atoms with Crippen molar-refractivity contribution in [3.05, 3.63) is 53.6 Å². The average molecular weight is 402 g/mol. The Morgan fingerprint density at radius 2 is 1.68 bits per heavy atom. The summed E-state index contributed by atoms with van der Waals surface area (Å²) < 4.78 is 38.4. The van der Waals surface area contributed by atoms with Crippen molar-refractivity contribution < 1.29 is 17.9 Å². The molecule has 6 heteroatoms. The first-order valence-corrected chi connectivity index (χ1v) is 11.4. The van der Waals surface area contributed by atoms with Gasteiger partial charge in [0.1, 0.15) is 0 Å². The van der Waals surface area contributed by atoms with Gasteiger partial charge in [0, 0.05) is 13.1 Å². The highest BCUT2D eigenvalue weighted by Gasteiger charge is 2.29. The van der Waals surface area contributed by atoms with E-state index in [0.29, 0.717) is 29.8 Å². The lowest BCUT2D eigenvalue weighted by Crippen LogP contribution is -2.38. The maximum absolute atomic E-state index is 13.0. The zero-order chi connectivity index (χ0) is 19.7. The lowest BCUT2D eigenvalue weighted by atomic mass is 9.91. The fourth-order valence-electron chi connectivity index (χ4n) is 3.93. The Bertz CT molecular complexity index is 930. The molecule has 0 spiro atoms. The number of benzene rings is 2. The van der Waals surface area contributed by atoms with Crippen molar-refractivity contribution in [2.24, 2.45) is 5.92 Å². The lowest BCUT2D eigenvalue weighted by Gasteiger charge is -2.31. The number of fused-ring (bicyclic) bond motifs is 1. The van der Waals surface area contributed by atoms with Crippen LogP contribution in [-0.4, -0.2) is 32.6 Å². The number of hydrogen-bond acceptors (Lipinski definition) is 4. The molecule has 0 N–H and O–H groups in total. The molecule has 0 amide bonds. The van der Waals surface area contributed by atoms with Gasteiger partial charge >= 0.3 is 0 Å². The van der Waals surface area contributed by atoms with Crippen LogP contribution in [-0.2, 0) is 16.4 Å². The van der Waals surface area contributed by atoms with Gasteiger partial charge in [-0.3, -0.25) is 0 Å². The Hall–Kier alpha value is -2.05. The minimum absolute atomic E-state index is 0.285. The molecule has 1 saturated heterocycles. The quantitative estimate of drug-likeness (QED) is 0.754. The molecule has 150 valence electrons. The van der Waals surface area contributed by atoms with Crippen LogP contribution in [0.5, 0.6) is 11.5 Å². The molecule has 4 rings (SSSR count). The third-order valence-corrected chi connectivity index (χ3v) is 7.63. The minimum atomic E-state index is -3.41. The second-order valence-corrected chi connectivity index (χ2v) is 9.90. The topological polar surface area (TPSA) is 55.8 Å². The molecule has 2 aromatic carbocycles. The molecule has 2 aliphatic heterocycles. The van der Waals surface area contributed by atoms with E-state index in [4.69, 9.17) is 9.47 Å². The van der Waals surface area contributed by atoms with E-state index in [1.54, 1.807) is 16.4 Å². The van der Waals surface area contributed by atoms with Crippen molar-refractivity contribution in [2.75, 3.05) is 19.9 Å². The van der Waals surface area contributed by atoms with Gasteiger partial charge in [-0.1, -0.05) is 32.0 Å². The maximum Gasteiger partial charge on any atom is 0.243 e. The largest absolute Gasteiger partial charge is 0.454 e. The van der Waals surface area contributed by atoms with Gasteiger partial charge in [0.15, 0.2) is 11.5 Å². The zero-order valence-electron chi connectivity index (χ0n) is 16.4. The molecular weight excluding hydrogens is 374 g/mol. The van der Waals surface area contributed by atoms with E-state index in [-0.39, 0.29) is 6.79 Å². The van der Waals surface area contributed by atoms with Gasteiger partial charge in [-0.05, 0) is 66.5 Å². The number of ether oxygens (including phenoxy) is 2. The Morgan fingerprint density at radius 3 is 2.36 bits per heavy atom. The van der Waals surface area contributed by atoms with Gasteiger partial charge in [-0.25, -0.2) is 8.42 Å². The van der Waals surface area contributed by atoms with E-state index < -0.39 is 10.0 Å². The van der Waals surface area contributed by atoms with Crippen LogP contribution < -0.4 is 9.47 Å². The van der Waals surface area contributed by atoms with Crippen molar-refractivity contribution in [3.8, 4) is 11.5 Å². The third kappa shape index (κ3) is 3.89. The molecular formula is C22H27NO4S. The van der Waals surface area contributed by atoms with Gasteiger partial charge in [0.05, 0.1) is 4.90 Å². The first-order valence-electron chi connectivity index (χ1n) is 9.92. The summed E-state index contributed by atoms with van der Waals surface area (Å²) in [4.78, 5) is 0.395. The van der Waals surface area contributed by atoms with E-state index in [9.17, 15) is 8.42 Å². The average Bonchev–Trinajstić information content (AvgIpc) is 3.16. The normalized spacial score (nSPS) is 18.0. The number of nitrogens with zero attached hydrogens (tertiary/aromatic N) is 1. The summed E-state index contributed by atoms with van der Waals surface area (Å²) in [6.07, 6.45) is 2.68. The van der Waals surface area contributed by atoms with Crippen LogP contribution in [0.15, 0.2) is 47.4 Å². The van der Waals surface area contributed by atoms with Crippen LogP contribution in [0.25, 0.3) is 0 Å². The number of sulfonamides is 1. The number of rotatable bonds is 5. The predicted molar refractivity (Wildman–Crippen MR) is 108 cm³/mol. The van der Waals surface area contributed by atoms with Crippen LogP contribution >= 0.6 is 0 Å². The fraction of sp³-hybridized carbons (Fsp3) is 0.455. The summed E-state index contributed by atoms with van der Waals surface area (Å²) in [5.74, 6) is 2.48. The SMILES string of the molecule is CC(C)c1ccc(S(=O)(=O)N2CCC(Cc3ccc4c(c3)OCO4)CC2)cc1. The summed E-state index contributed by atoms with van der Waals surface area (Å²) in [7, 11) is -3.41. The Labute approximate surface area is 167 Å². The molecule has 1 fully saturated rings. The van der Waals surface area contributed by atoms with Crippen LogP contribution in [0, 0.1) is 5.92 Å². The molecule has 0 atom stereocenters. The maximum atomic E-state index is 13.0. The summed E-state index contributed by atoms with van der Waals surface area (Å²) in [5, 5.41) is 0. The monoisotopic (exact) mass is 401 g/mol. The number of hydrogen-bond donors (Lipinski definition) is 0. The molecule has 0 bridgehead atoms. The molecule has 0 saturated carbocycles. The second kappa shape index (κ2) is 7.76. The molecule has 2 aromatic rings. The van der Waals surface area contributed by atoms with Crippen molar-refractivity contribution in [1.29, 1.82) is 0 Å². The Morgan fingerprint density at radius 1 is 1.00 bits per heavy atom. The summed E-state index contributed by atoms with van der Waals surface area (Å²) in [6, 6.07) is 13.4. The van der Waals surface area contributed by atoms with Crippen molar-refractivity contribution in [2.45, 2.75) is 43.9 Å². The first-order chi connectivity index (χ1) is 13.4. The molecule has 0 aliphatic carbocycles. The zero-order valence-corrected chi connectivity index (χ0v) is 17.2. The molecule has 0 radical (unpaired) electrons. The van der Waals surface area contributed by atoms with E-state index in [1.165, 1.54) is 5.56 Å². The van der Waals surface area contributed by atoms with Gasteiger partial charge in [0.2, 0.25) is 16.8 Å². The molecule has 2 heterocycles. The molecule has 2 aliphatic rings. The van der Waals surface area contributed by atoms with E-state index in [0.717, 1.165) is 36.3 Å². The summed E-state index contributed by atoms with van der Waals surface area (Å²) in [6.45, 7) is 5.64. The van der Waals surface area contributed by atoms with Crippen molar-refractivity contribution >= 4 is 10.0 Å². The second-order valence-electron chi connectivity index (χ2n) is 7.96. The Balaban J connectivity index is 1.38. The molecule has 28 heavy (non-hydrogen) atoms. The van der Waals surface area contributed by atoms with Gasteiger partial charge in [-0.15, -0.1) is 0 Å². The standard InChI is InChI=1S/C22H27NO4S/c1-16(2)19-4-6-20(7-5-19)28(24,25)23-11-9-17(10-12-23)13-18-3-8-21-22(14-18)27-15-26-21/h3-8,14,16-17H,9-13,15H2,1-2H3. The van der Waals surface area contributed by atoms with Crippen molar-refractivity contribution in [3.63, 3.8) is 0 Å². The fourth-order valence-corrected chi connectivity index (χ4v) is 5.40. The minimum Gasteiger partial charge on any atom is -0.454 e. The molecule has 0 aromatic heterocycles. The van der Waals surface area contributed by atoms with E-state index in [2.05, 4.69) is 19.9 Å². The van der Waals surface area contributed by atoms with Gasteiger partial charge < -0.3 is 9.47 Å². The van der Waals surface area contributed by atoms with Gasteiger partial charge in [-0.2, -0.15) is 4.31 Å². The van der Waals surface area contributed by atoms with Gasteiger partial charge in [0.25, 0.3) is 0 Å². The molecule has 0 unspecified atom stereocenters. The van der Waals surface area contributed by atoms with Crippen LogP contribution in [0.3, 0.4) is 0 Å². The van der Waals surface area contributed by atoms with Crippen molar-refractivity contribution in [1.82, 2.24) is 4.31 Å². The number of piperidine rings is 1. The smallest absolute Gasteiger partial charge is 0.243 e. The predicted octanol–water partition coefficient (Wildman–Crippen LogP) is 4.18. The van der Waals surface area contributed by atoms with Crippen LogP contribution in [0.4, 0.5) is 0 Å². The molecule has 5 nitrogen and oxygen atoms in total. The highest BCUT2D eigenvalue weighted by molar-refractivity contribution is 7.89. The van der Waals surface area contributed by atoms with E-state index in [1.807, 2.05) is 24.3 Å². The third-order valence-electron chi connectivity index (χ3n) is 5.72. The first kappa shape index (κ1) is 19.3. The van der Waals surface area contributed by atoms with Crippen LogP contribution in [0.1, 0.15) is 43.7 Å². The van der Waals surface area contributed by atoms with Crippen LogP contribution in [0.2, 0.25) is 0 Å². The van der Waals surface area contributed by atoms with E-state index >= 15 is 0 Å². The lowest BCUT2D eigenvalue weighted by molar-refractivity contribution is 0.174. The summed E-state index contributed by atoms with van der Waals surface area (Å²) in [5.41, 5.74) is 2.37.